The first-order chi connectivity index (χ1) is 6.34. The number of thiazole rings is 1. The van der Waals surface area contributed by atoms with E-state index in [-0.39, 0.29) is 0 Å². The Labute approximate surface area is 86.5 Å². The van der Waals surface area contributed by atoms with E-state index in [1.807, 2.05) is 5.38 Å². The number of piperidine rings is 1. The fourth-order valence-corrected chi connectivity index (χ4v) is 2.38. The normalized spacial score (nSPS) is 18.8. The number of hydrogen-bond acceptors (Lipinski definition) is 4. The van der Waals surface area contributed by atoms with E-state index in [0.29, 0.717) is 11.2 Å². The Morgan fingerprint density at radius 3 is 2.92 bits per heavy atom. The van der Waals surface area contributed by atoms with Crippen molar-refractivity contribution in [2.75, 3.05) is 18.4 Å². The van der Waals surface area contributed by atoms with Crippen molar-refractivity contribution in [3.8, 4) is 0 Å². The van der Waals surface area contributed by atoms with Crippen molar-refractivity contribution in [1.82, 2.24) is 10.3 Å². The molecule has 2 N–H and O–H groups in total. The summed E-state index contributed by atoms with van der Waals surface area (Å²) in [7, 11) is 0. The maximum Gasteiger partial charge on any atom is 0.184 e. The van der Waals surface area contributed by atoms with Crippen LogP contribution in [0.3, 0.4) is 0 Å². The molecule has 0 radical (unpaired) electrons. The lowest BCUT2D eigenvalue weighted by atomic mass is 10.1. The van der Waals surface area contributed by atoms with Crippen molar-refractivity contribution in [1.29, 1.82) is 0 Å². The highest BCUT2D eigenvalue weighted by atomic mass is 35.5. The van der Waals surface area contributed by atoms with Crippen LogP contribution in [0.15, 0.2) is 5.38 Å². The molecule has 0 aromatic carbocycles. The van der Waals surface area contributed by atoms with Gasteiger partial charge in [-0.1, -0.05) is 11.6 Å². The van der Waals surface area contributed by atoms with Gasteiger partial charge in [0.1, 0.15) is 5.15 Å². The summed E-state index contributed by atoms with van der Waals surface area (Å²) in [5.41, 5.74) is 0. The van der Waals surface area contributed by atoms with Gasteiger partial charge in [-0.25, -0.2) is 4.98 Å². The zero-order valence-corrected chi connectivity index (χ0v) is 8.79. The lowest BCUT2D eigenvalue weighted by Crippen LogP contribution is -2.35. The second-order valence-electron chi connectivity index (χ2n) is 3.14. The number of nitrogens with one attached hydrogen (secondary N) is 2. The minimum atomic E-state index is 0.559. The molecular weight excluding hydrogens is 206 g/mol. The van der Waals surface area contributed by atoms with Gasteiger partial charge in [-0.05, 0) is 25.9 Å². The summed E-state index contributed by atoms with van der Waals surface area (Å²) in [4.78, 5) is 4.16. The van der Waals surface area contributed by atoms with Crippen molar-refractivity contribution in [2.24, 2.45) is 0 Å². The molecule has 2 heterocycles. The first-order valence-electron chi connectivity index (χ1n) is 4.43. The molecule has 0 bridgehead atoms. The zero-order chi connectivity index (χ0) is 9.10. The van der Waals surface area contributed by atoms with E-state index in [1.54, 1.807) is 11.3 Å². The van der Waals surface area contributed by atoms with E-state index in [2.05, 4.69) is 15.6 Å². The molecule has 3 nitrogen and oxygen atoms in total. The number of anilines is 1. The molecule has 13 heavy (non-hydrogen) atoms. The van der Waals surface area contributed by atoms with Gasteiger partial charge in [-0.15, -0.1) is 11.3 Å². The van der Waals surface area contributed by atoms with Gasteiger partial charge in [-0.3, -0.25) is 0 Å². The van der Waals surface area contributed by atoms with Gasteiger partial charge in [0.2, 0.25) is 0 Å². The molecule has 1 aromatic heterocycles. The highest BCUT2D eigenvalue weighted by Gasteiger charge is 2.13. The monoisotopic (exact) mass is 217 g/mol. The van der Waals surface area contributed by atoms with Crippen molar-refractivity contribution in [2.45, 2.75) is 18.9 Å². The van der Waals surface area contributed by atoms with E-state index in [4.69, 9.17) is 11.6 Å². The Bertz CT molecular complexity index is 270. The fourth-order valence-electron chi connectivity index (χ4n) is 1.46. The third-order valence-corrected chi connectivity index (χ3v) is 3.24. The average Bonchev–Trinajstić information content (AvgIpc) is 2.53. The van der Waals surface area contributed by atoms with Gasteiger partial charge in [0.25, 0.3) is 0 Å². The molecule has 1 aliphatic rings. The number of hydrogen-bond donors (Lipinski definition) is 2. The average molecular weight is 218 g/mol. The molecule has 0 atom stereocenters. The molecule has 0 spiro atoms. The Kier molecular flexibility index (Phi) is 3.03. The molecule has 0 amide bonds. The summed E-state index contributed by atoms with van der Waals surface area (Å²) in [5.74, 6) is 0. The summed E-state index contributed by atoms with van der Waals surface area (Å²) < 4.78 is 0. The molecule has 1 aliphatic heterocycles. The second kappa shape index (κ2) is 4.26. The SMILES string of the molecule is Clc1csc(NC2CCNCC2)n1. The van der Waals surface area contributed by atoms with Gasteiger partial charge in [0.15, 0.2) is 5.13 Å². The summed E-state index contributed by atoms with van der Waals surface area (Å²) in [6.07, 6.45) is 2.33. The minimum Gasteiger partial charge on any atom is -0.359 e. The van der Waals surface area contributed by atoms with E-state index in [0.717, 1.165) is 31.1 Å². The maximum absolute atomic E-state index is 5.73. The van der Waals surface area contributed by atoms with E-state index >= 15 is 0 Å². The molecule has 1 saturated heterocycles. The number of aromatic nitrogens is 1. The van der Waals surface area contributed by atoms with Crippen molar-refractivity contribution in [3.05, 3.63) is 10.5 Å². The van der Waals surface area contributed by atoms with Crippen LogP contribution in [0.25, 0.3) is 0 Å². The van der Waals surface area contributed by atoms with Crippen LogP contribution in [-0.2, 0) is 0 Å². The van der Waals surface area contributed by atoms with Crippen molar-refractivity contribution in [3.63, 3.8) is 0 Å². The van der Waals surface area contributed by atoms with Gasteiger partial charge >= 0.3 is 0 Å². The van der Waals surface area contributed by atoms with Crippen LogP contribution >= 0.6 is 22.9 Å². The summed E-state index contributed by atoms with van der Waals surface area (Å²) in [6.45, 7) is 2.19. The van der Waals surface area contributed by atoms with Gasteiger partial charge in [0, 0.05) is 11.4 Å². The standard InChI is InChI=1S/C8H12ClN3S/c9-7-5-13-8(12-7)11-6-1-3-10-4-2-6/h5-6,10H,1-4H2,(H,11,12). The largest absolute Gasteiger partial charge is 0.359 e. The lowest BCUT2D eigenvalue weighted by Gasteiger charge is -2.23. The second-order valence-corrected chi connectivity index (χ2v) is 4.39. The maximum atomic E-state index is 5.73. The first kappa shape index (κ1) is 9.24. The third-order valence-electron chi connectivity index (χ3n) is 2.14. The van der Waals surface area contributed by atoms with Crippen LogP contribution in [0.4, 0.5) is 5.13 Å². The highest BCUT2D eigenvalue weighted by molar-refractivity contribution is 7.14. The smallest absolute Gasteiger partial charge is 0.184 e. The van der Waals surface area contributed by atoms with Gasteiger partial charge in [0.05, 0.1) is 0 Å². The van der Waals surface area contributed by atoms with Crippen LogP contribution in [0, 0.1) is 0 Å². The highest BCUT2D eigenvalue weighted by Crippen LogP contribution is 2.21. The number of rotatable bonds is 2. The number of halogens is 1. The van der Waals surface area contributed by atoms with Gasteiger partial charge < -0.3 is 10.6 Å². The number of nitrogens with zero attached hydrogens (tertiary/aromatic N) is 1. The predicted octanol–water partition coefficient (Wildman–Crippen LogP) is 1.96. The molecule has 1 fully saturated rings. The molecule has 5 heteroatoms. The van der Waals surface area contributed by atoms with Crippen molar-refractivity contribution < 1.29 is 0 Å². The minimum absolute atomic E-state index is 0.559. The Morgan fingerprint density at radius 1 is 1.54 bits per heavy atom. The summed E-state index contributed by atoms with van der Waals surface area (Å²) in [6, 6.07) is 0.559. The molecule has 0 unspecified atom stereocenters. The molecule has 2 rings (SSSR count). The lowest BCUT2D eigenvalue weighted by molar-refractivity contribution is 0.479. The predicted molar refractivity (Wildman–Crippen MR) is 56.6 cm³/mol. The van der Waals surface area contributed by atoms with Crippen LogP contribution in [0.5, 0.6) is 0 Å². The third kappa shape index (κ3) is 2.56. The Balaban J connectivity index is 1.89. The molecule has 72 valence electrons. The zero-order valence-electron chi connectivity index (χ0n) is 7.22. The van der Waals surface area contributed by atoms with Crippen molar-refractivity contribution >= 4 is 28.1 Å². The quantitative estimate of drug-likeness (QED) is 0.796. The summed E-state index contributed by atoms with van der Waals surface area (Å²) >= 11 is 7.29. The molecule has 0 saturated carbocycles. The van der Waals surface area contributed by atoms with Crippen LogP contribution in [0.2, 0.25) is 5.15 Å². The molecular formula is C8H12ClN3S. The van der Waals surface area contributed by atoms with Crippen LogP contribution in [-0.4, -0.2) is 24.1 Å². The van der Waals surface area contributed by atoms with Crippen LogP contribution in [0.1, 0.15) is 12.8 Å². The molecule has 1 aromatic rings. The Morgan fingerprint density at radius 2 is 2.31 bits per heavy atom. The summed E-state index contributed by atoms with van der Waals surface area (Å²) in [5, 5.41) is 10.1. The van der Waals surface area contributed by atoms with E-state index < -0.39 is 0 Å². The van der Waals surface area contributed by atoms with Crippen LogP contribution < -0.4 is 10.6 Å². The Hall–Kier alpha value is -0.320. The fraction of sp³-hybridized carbons (Fsp3) is 0.625. The van der Waals surface area contributed by atoms with Gasteiger partial charge in [-0.2, -0.15) is 0 Å². The first-order valence-corrected chi connectivity index (χ1v) is 5.68. The van der Waals surface area contributed by atoms with E-state index in [9.17, 15) is 0 Å². The topological polar surface area (TPSA) is 37.0 Å². The van der Waals surface area contributed by atoms with E-state index in [1.165, 1.54) is 0 Å². The molecule has 0 aliphatic carbocycles.